The number of nitrogens with one attached hydrogen (secondary N) is 2. The molecule has 0 aliphatic rings. The van der Waals surface area contributed by atoms with Crippen molar-refractivity contribution >= 4 is 34.9 Å². The predicted molar refractivity (Wildman–Crippen MR) is 139 cm³/mol. The van der Waals surface area contributed by atoms with Crippen LogP contribution in [0, 0.1) is 0 Å². The number of hydrogen-bond donors (Lipinski definition) is 2. The molecule has 2 N–H and O–H groups in total. The summed E-state index contributed by atoms with van der Waals surface area (Å²) in [4.78, 5) is 26.1. The smallest absolute Gasteiger partial charge is 0.332 e. The second kappa shape index (κ2) is 10.5. The molecule has 4 rings (SSSR count). The molecule has 3 aromatic carbocycles. The van der Waals surface area contributed by atoms with Crippen LogP contribution in [0.15, 0.2) is 97.2 Å². The molecule has 0 spiro atoms. The zero-order valence-electron chi connectivity index (χ0n) is 19.5. The first-order valence-corrected chi connectivity index (χ1v) is 11.1. The van der Waals surface area contributed by atoms with Crippen LogP contribution in [-0.2, 0) is 0 Å². The third kappa shape index (κ3) is 5.50. The molecule has 0 radical (unpaired) electrons. The van der Waals surface area contributed by atoms with E-state index in [2.05, 4.69) is 20.6 Å². The zero-order valence-corrected chi connectivity index (χ0v) is 19.5. The van der Waals surface area contributed by atoms with Crippen molar-refractivity contribution in [1.29, 1.82) is 0 Å². The molecular weight excluding hydrogens is 424 g/mol. The molecule has 0 aliphatic heterocycles. The quantitative estimate of drug-likeness (QED) is 0.355. The lowest BCUT2D eigenvalue weighted by atomic mass is 10.1. The Morgan fingerprint density at radius 1 is 0.853 bits per heavy atom. The highest BCUT2D eigenvalue weighted by molar-refractivity contribution is 6.06. The minimum absolute atomic E-state index is 0.000106. The largest absolute Gasteiger partial charge is 0.378 e. The van der Waals surface area contributed by atoms with Crippen LogP contribution in [0.1, 0.15) is 18.5 Å². The average Bonchev–Trinajstić information content (AvgIpc) is 2.86. The van der Waals surface area contributed by atoms with Crippen LogP contribution in [0.2, 0.25) is 0 Å². The minimum atomic E-state index is -0.317. The molecule has 34 heavy (non-hydrogen) atoms. The Bertz CT molecular complexity index is 1230. The lowest BCUT2D eigenvalue weighted by molar-refractivity contribution is 0.259. The zero-order chi connectivity index (χ0) is 23.9. The molecule has 7 heteroatoms. The topological polar surface area (TPSA) is 73.4 Å². The fraction of sp³-hybridized carbons (Fsp3) is 0.148. The van der Waals surface area contributed by atoms with E-state index in [1.807, 2.05) is 111 Å². The van der Waals surface area contributed by atoms with Crippen molar-refractivity contribution in [2.75, 3.05) is 34.5 Å². The number of urea groups is 1. The predicted octanol–water partition coefficient (Wildman–Crippen LogP) is 6.09. The van der Waals surface area contributed by atoms with Gasteiger partial charge in [-0.2, -0.15) is 4.98 Å². The summed E-state index contributed by atoms with van der Waals surface area (Å²) in [6, 6.07) is 28.6. The van der Waals surface area contributed by atoms with E-state index in [4.69, 9.17) is 0 Å². The van der Waals surface area contributed by atoms with Crippen molar-refractivity contribution in [3.8, 4) is 0 Å². The van der Waals surface area contributed by atoms with Gasteiger partial charge in [0.25, 0.3) is 0 Å². The summed E-state index contributed by atoms with van der Waals surface area (Å²) in [5.74, 6) is 0.900. The number of carbonyl (C=O) groups excluding carboxylic acids is 1. The Labute approximate surface area is 200 Å². The maximum absolute atomic E-state index is 13.5. The van der Waals surface area contributed by atoms with E-state index in [1.165, 1.54) is 0 Å². The fourth-order valence-corrected chi connectivity index (χ4v) is 3.53. The normalized spacial score (nSPS) is 11.4. The van der Waals surface area contributed by atoms with Gasteiger partial charge in [-0.15, -0.1) is 0 Å². The molecule has 0 saturated carbocycles. The number of para-hydroxylation sites is 1. The Morgan fingerprint density at radius 2 is 1.53 bits per heavy atom. The highest BCUT2D eigenvalue weighted by Crippen LogP contribution is 2.29. The molecule has 1 heterocycles. The number of benzene rings is 3. The molecule has 0 bridgehead atoms. The molecule has 1 atom stereocenters. The van der Waals surface area contributed by atoms with Crippen LogP contribution in [0.25, 0.3) is 0 Å². The molecule has 4 aromatic rings. The van der Waals surface area contributed by atoms with E-state index in [-0.39, 0.29) is 12.1 Å². The van der Waals surface area contributed by atoms with Crippen LogP contribution in [-0.4, -0.2) is 30.1 Å². The molecule has 1 unspecified atom stereocenters. The number of rotatable bonds is 7. The lowest BCUT2D eigenvalue weighted by Gasteiger charge is -2.24. The third-order valence-electron chi connectivity index (χ3n) is 5.35. The number of amides is 2. The molecular formula is C27H28N6O. The molecule has 1 aromatic heterocycles. The Kier molecular flexibility index (Phi) is 7.03. The van der Waals surface area contributed by atoms with E-state index in [0.717, 1.165) is 11.3 Å². The summed E-state index contributed by atoms with van der Waals surface area (Å²) < 4.78 is 0. The maximum atomic E-state index is 13.5. The molecule has 2 amide bonds. The minimum Gasteiger partial charge on any atom is -0.378 e. The summed E-state index contributed by atoms with van der Waals surface area (Å²) >= 11 is 0. The van der Waals surface area contributed by atoms with Crippen molar-refractivity contribution < 1.29 is 4.79 Å². The van der Waals surface area contributed by atoms with E-state index >= 15 is 0 Å². The molecule has 0 saturated heterocycles. The van der Waals surface area contributed by atoms with Gasteiger partial charge in [-0.05, 0) is 42.8 Å². The van der Waals surface area contributed by atoms with Crippen molar-refractivity contribution in [1.82, 2.24) is 9.97 Å². The summed E-state index contributed by atoms with van der Waals surface area (Å²) in [5.41, 5.74) is 3.49. The number of hydrogen-bond acceptors (Lipinski definition) is 5. The van der Waals surface area contributed by atoms with Crippen molar-refractivity contribution in [3.05, 3.63) is 103 Å². The third-order valence-corrected chi connectivity index (χ3v) is 5.35. The van der Waals surface area contributed by atoms with E-state index in [1.54, 1.807) is 17.2 Å². The maximum Gasteiger partial charge on any atom is 0.332 e. The average molecular weight is 453 g/mol. The van der Waals surface area contributed by atoms with Gasteiger partial charge in [-0.25, -0.2) is 14.7 Å². The fourth-order valence-electron chi connectivity index (χ4n) is 3.53. The first-order chi connectivity index (χ1) is 16.5. The van der Waals surface area contributed by atoms with Crippen LogP contribution >= 0.6 is 0 Å². The second-order valence-corrected chi connectivity index (χ2v) is 8.06. The van der Waals surface area contributed by atoms with Gasteiger partial charge in [0.2, 0.25) is 5.95 Å². The summed E-state index contributed by atoms with van der Waals surface area (Å²) in [5, 5.41) is 6.30. The van der Waals surface area contributed by atoms with Crippen LogP contribution in [0.4, 0.5) is 33.6 Å². The van der Waals surface area contributed by atoms with Crippen molar-refractivity contribution in [2.24, 2.45) is 0 Å². The summed E-state index contributed by atoms with van der Waals surface area (Å²) in [6.45, 7) is 2.05. The van der Waals surface area contributed by atoms with Gasteiger partial charge in [0, 0.05) is 37.7 Å². The first kappa shape index (κ1) is 22.8. The Morgan fingerprint density at radius 3 is 2.24 bits per heavy atom. The summed E-state index contributed by atoms with van der Waals surface area (Å²) in [6.07, 6.45) is 1.65. The lowest BCUT2D eigenvalue weighted by Crippen LogP contribution is -2.32. The van der Waals surface area contributed by atoms with Gasteiger partial charge in [-0.1, -0.05) is 54.6 Å². The van der Waals surface area contributed by atoms with Gasteiger partial charge in [0.15, 0.2) is 0 Å². The highest BCUT2D eigenvalue weighted by Gasteiger charge is 2.21. The van der Waals surface area contributed by atoms with E-state index < -0.39 is 0 Å². The second-order valence-electron chi connectivity index (χ2n) is 8.06. The molecule has 7 nitrogen and oxygen atoms in total. The van der Waals surface area contributed by atoms with Gasteiger partial charge in [0.05, 0.1) is 11.7 Å². The van der Waals surface area contributed by atoms with Gasteiger partial charge in [-0.3, -0.25) is 0 Å². The molecule has 172 valence electrons. The SMILES string of the molecule is CC(Nc1nccc(N(C(=O)Nc2ccccc2)c2cccc(N(C)C)c2)n1)c1ccccc1. The number of carbonyl (C=O) groups is 1. The number of anilines is 5. The monoisotopic (exact) mass is 452 g/mol. The van der Waals surface area contributed by atoms with Gasteiger partial charge < -0.3 is 15.5 Å². The number of aromatic nitrogens is 2. The van der Waals surface area contributed by atoms with Crippen LogP contribution in [0.3, 0.4) is 0 Å². The highest BCUT2D eigenvalue weighted by atomic mass is 16.2. The van der Waals surface area contributed by atoms with Gasteiger partial charge in [0.1, 0.15) is 5.82 Å². The Balaban J connectivity index is 1.68. The van der Waals surface area contributed by atoms with Crippen LogP contribution < -0.4 is 20.4 Å². The number of nitrogens with zero attached hydrogens (tertiary/aromatic N) is 4. The standard InChI is InChI=1S/C27H28N6O/c1-20(21-11-6-4-7-12-21)29-26-28-18-17-25(31-26)33(24-16-10-15-23(19-24)32(2)3)27(34)30-22-13-8-5-9-14-22/h4-20H,1-3H3,(H,30,34)(H,28,29,31). The molecule has 0 fully saturated rings. The van der Waals surface area contributed by atoms with Crippen molar-refractivity contribution in [2.45, 2.75) is 13.0 Å². The van der Waals surface area contributed by atoms with Crippen LogP contribution in [0.5, 0.6) is 0 Å². The molecule has 0 aliphatic carbocycles. The first-order valence-electron chi connectivity index (χ1n) is 11.1. The van der Waals surface area contributed by atoms with Gasteiger partial charge >= 0.3 is 6.03 Å². The summed E-state index contributed by atoms with van der Waals surface area (Å²) in [7, 11) is 3.93. The van der Waals surface area contributed by atoms with E-state index in [0.29, 0.717) is 23.1 Å². The Hall–Kier alpha value is -4.39. The van der Waals surface area contributed by atoms with E-state index in [9.17, 15) is 4.79 Å². The van der Waals surface area contributed by atoms with Crippen molar-refractivity contribution in [3.63, 3.8) is 0 Å².